The third-order valence-corrected chi connectivity index (χ3v) is 11.8. The molecular weight excluding hydrogens is 380 g/mol. The lowest BCUT2D eigenvalue weighted by Crippen LogP contribution is -2.56. The van der Waals surface area contributed by atoms with Gasteiger partial charge in [-0.15, -0.1) is 0 Å². The monoisotopic (exact) mass is 432 g/mol. The van der Waals surface area contributed by atoms with Gasteiger partial charge in [-0.1, -0.05) is 41.5 Å². The summed E-state index contributed by atoms with van der Waals surface area (Å²) in [5.41, 5.74) is 0.494. The lowest BCUT2D eigenvalue weighted by Gasteiger charge is -2.62. The Balaban J connectivity index is 1.48. The van der Waals surface area contributed by atoms with Crippen molar-refractivity contribution in [1.29, 1.82) is 0 Å². The molecule has 0 aliphatic heterocycles. The fourth-order valence-corrected chi connectivity index (χ4v) is 9.58. The number of fused-ring (bicyclic) bond motifs is 5. The van der Waals surface area contributed by atoms with E-state index in [1.165, 1.54) is 44.9 Å². The van der Waals surface area contributed by atoms with Crippen LogP contribution in [0.4, 0.5) is 0 Å². The Morgan fingerprint density at radius 2 is 1.55 bits per heavy atom. The molecule has 10 atom stereocenters. The van der Waals surface area contributed by atoms with E-state index in [0.29, 0.717) is 28.6 Å². The SMILES string of the molecule is CC[C@]1(O)CC[C@@]2(C)[C@H](CC[C@@H]3[C@@H]2CC[C@]2(C)[C@@H]([C@H](C)[C@H](O)CCC(C)C)CC[C@@H]32)C1. The van der Waals surface area contributed by atoms with Gasteiger partial charge in [0.2, 0.25) is 0 Å². The molecule has 0 radical (unpaired) electrons. The number of aliphatic hydroxyl groups excluding tert-OH is 1. The predicted octanol–water partition coefficient (Wildman–Crippen LogP) is 7.22. The fraction of sp³-hybridized carbons (Fsp3) is 1.00. The van der Waals surface area contributed by atoms with E-state index in [2.05, 4.69) is 41.5 Å². The summed E-state index contributed by atoms with van der Waals surface area (Å²) in [5, 5.41) is 22.0. The first kappa shape index (κ1) is 24.1. The summed E-state index contributed by atoms with van der Waals surface area (Å²) in [7, 11) is 0. The Kier molecular flexibility index (Phi) is 6.68. The Hall–Kier alpha value is -0.0800. The van der Waals surface area contributed by atoms with Gasteiger partial charge in [0.25, 0.3) is 0 Å². The van der Waals surface area contributed by atoms with Crippen LogP contribution in [-0.2, 0) is 0 Å². The molecule has 0 aromatic heterocycles. The number of rotatable bonds is 6. The Morgan fingerprint density at radius 1 is 0.839 bits per heavy atom. The molecule has 4 saturated carbocycles. The molecule has 0 spiro atoms. The summed E-state index contributed by atoms with van der Waals surface area (Å²) in [6, 6.07) is 0. The van der Waals surface area contributed by atoms with Crippen molar-refractivity contribution in [3.63, 3.8) is 0 Å². The number of hydrogen-bond acceptors (Lipinski definition) is 2. The van der Waals surface area contributed by atoms with Crippen LogP contribution in [0.1, 0.15) is 119 Å². The van der Waals surface area contributed by atoms with Crippen LogP contribution in [0.5, 0.6) is 0 Å². The van der Waals surface area contributed by atoms with Crippen LogP contribution >= 0.6 is 0 Å². The molecule has 0 heterocycles. The standard InChI is InChI=1S/C29H52O2/c1-7-29(31)17-16-27(5)21(18-29)9-10-22-24-12-11-23(28(24,6)15-14-25(22)27)20(4)26(30)13-8-19(2)3/h19-26,30-31H,7-18H2,1-6H3/t20-,21+,22-,23+,24-,25-,26+,27-,28+,29-/m0/s1. The van der Waals surface area contributed by atoms with Crippen LogP contribution in [0.3, 0.4) is 0 Å². The van der Waals surface area contributed by atoms with Crippen molar-refractivity contribution in [3.8, 4) is 0 Å². The highest BCUT2D eigenvalue weighted by atomic mass is 16.3. The van der Waals surface area contributed by atoms with Crippen LogP contribution in [0, 0.1) is 52.3 Å². The average Bonchev–Trinajstić information content (AvgIpc) is 3.09. The second-order valence-corrected chi connectivity index (χ2v) is 13.6. The van der Waals surface area contributed by atoms with Gasteiger partial charge in [-0.2, -0.15) is 0 Å². The smallest absolute Gasteiger partial charge is 0.0648 e. The molecule has 0 saturated heterocycles. The molecule has 2 nitrogen and oxygen atoms in total. The molecular formula is C29H52O2. The maximum absolute atomic E-state index is 11.0. The topological polar surface area (TPSA) is 40.5 Å². The van der Waals surface area contributed by atoms with Gasteiger partial charge in [0.1, 0.15) is 0 Å². The molecule has 0 unspecified atom stereocenters. The minimum Gasteiger partial charge on any atom is -0.393 e. The zero-order chi connectivity index (χ0) is 22.6. The van der Waals surface area contributed by atoms with Crippen LogP contribution in [0.2, 0.25) is 0 Å². The van der Waals surface area contributed by atoms with Gasteiger partial charge in [-0.3, -0.25) is 0 Å². The van der Waals surface area contributed by atoms with Crippen molar-refractivity contribution in [2.45, 2.75) is 130 Å². The molecule has 4 aliphatic rings. The first-order valence-electron chi connectivity index (χ1n) is 13.9. The first-order valence-corrected chi connectivity index (χ1v) is 13.9. The minimum absolute atomic E-state index is 0.126. The van der Waals surface area contributed by atoms with Gasteiger partial charge in [0.05, 0.1) is 11.7 Å². The zero-order valence-electron chi connectivity index (χ0n) is 21.5. The number of aliphatic hydroxyl groups is 2. The van der Waals surface area contributed by atoms with Crippen molar-refractivity contribution in [2.24, 2.45) is 52.3 Å². The molecule has 0 aromatic rings. The fourth-order valence-electron chi connectivity index (χ4n) is 9.58. The molecule has 2 heteroatoms. The van der Waals surface area contributed by atoms with Crippen molar-refractivity contribution in [3.05, 3.63) is 0 Å². The molecule has 31 heavy (non-hydrogen) atoms. The molecule has 4 aliphatic carbocycles. The Morgan fingerprint density at radius 3 is 2.23 bits per heavy atom. The van der Waals surface area contributed by atoms with E-state index in [9.17, 15) is 10.2 Å². The lowest BCUT2D eigenvalue weighted by atomic mass is 9.43. The van der Waals surface area contributed by atoms with E-state index >= 15 is 0 Å². The Labute approximate surface area is 193 Å². The highest BCUT2D eigenvalue weighted by Crippen LogP contribution is 2.69. The van der Waals surface area contributed by atoms with Gasteiger partial charge in [-0.25, -0.2) is 0 Å². The Bertz CT molecular complexity index is 630. The van der Waals surface area contributed by atoms with Crippen molar-refractivity contribution in [1.82, 2.24) is 0 Å². The summed E-state index contributed by atoms with van der Waals surface area (Å²) in [6.45, 7) is 14.3. The van der Waals surface area contributed by atoms with Gasteiger partial charge < -0.3 is 10.2 Å². The highest BCUT2D eigenvalue weighted by Gasteiger charge is 2.61. The second-order valence-electron chi connectivity index (χ2n) is 13.6. The van der Waals surface area contributed by atoms with E-state index in [0.717, 1.165) is 55.8 Å². The first-order chi connectivity index (χ1) is 14.5. The van der Waals surface area contributed by atoms with Crippen molar-refractivity contribution >= 4 is 0 Å². The zero-order valence-corrected chi connectivity index (χ0v) is 21.5. The van der Waals surface area contributed by atoms with Gasteiger partial charge >= 0.3 is 0 Å². The summed E-state index contributed by atoms with van der Waals surface area (Å²) < 4.78 is 0. The molecule has 4 fully saturated rings. The maximum Gasteiger partial charge on any atom is 0.0648 e. The highest BCUT2D eigenvalue weighted by molar-refractivity contribution is 5.11. The lowest BCUT2D eigenvalue weighted by molar-refractivity contribution is -0.154. The van der Waals surface area contributed by atoms with Crippen LogP contribution < -0.4 is 0 Å². The third-order valence-electron chi connectivity index (χ3n) is 11.8. The van der Waals surface area contributed by atoms with Crippen LogP contribution in [-0.4, -0.2) is 21.9 Å². The molecule has 4 rings (SSSR count). The van der Waals surface area contributed by atoms with Gasteiger partial charge in [0, 0.05) is 0 Å². The maximum atomic E-state index is 11.0. The quantitative estimate of drug-likeness (QED) is 0.465. The van der Waals surface area contributed by atoms with E-state index < -0.39 is 0 Å². The van der Waals surface area contributed by atoms with E-state index in [1.807, 2.05) is 0 Å². The predicted molar refractivity (Wildman–Crippen MR) is 130 cm³/mol. The molecule has 2 N–H and O–H groups in total. The third kappa shape index (κ3) is 4.05. The second kappa shape index (κ2) is 8.61. The normalized spacial score (nSPS) is 49.3. The summed E-state index contributed by atoms with van der Waals surface area (Å²) in [6.07, 6.45) is 14.4. The number of hydrogen-bond donors (Lipinski definition) is 2. The van der Waals surface area contributed by atoms with E-state index in [4.69, 9.17) is 0 Å². The van der Waals surface area contributed by atoms with Crippen molar-refractivity contribution < 1.29 is 10.2 Å². The molecule has 180 valence electrons. The summed E-state index contributed by atoms with van der Waals surface area (Å²) in [4.78, 5) is 0. The van der Waals surface area contributed by atoms with Gasteiger partial charge in [0.15, 0.2) is 0 Å². The summed E-state index contributed by atoms with van der Waals surface area (Å²) in [5.74, 6) is 5.16. The van der Waals surface area contributed by atoms with E-state index in [-0.39, 0.29) is 11.7 Å². The summed E-state index contributed by atoms with van der Waals surface area (Å²) >= 11 is 0. The molecule has 0 amide bonds. The minimum atomic E-state index is -0.389. The van der Waals surface area contributed by atoms with Crippen molar-refractivity contribution in [2.75, 3.05) is 0 Å². The largest absolute Gasteiger partial charge is 0.393 e. The molecule has 0 bridgehead atoms. The van der Waals surface area contributed by atoms with E-state index in [1.54, 1.807) is 0 Å². The molecule has 0 aromatic carbocycles. The average molecular weight is 433 g/mol. The van der Waals surface area contributed by atoms with Gasteiger partial charge in [-0.05, 0) is 129 Å². The van der Waals surface area contributed by atoms with Crippen LogP contribution in [0.15, 0.2) is 0 Å². The van der Waals surface area contributed by atoms with Crippen LogP contribution in [0.25, 0.3) is 0 Å².